The highest BCUT2D eigenvalue weighted by atomic mass is 79.9. The molecule has 0 saturated carbocycles. The second-order valence-corrected chi connectivity index (χ2v) is 6.06. The smallest absolute Gasteiger partial charge is 0.262 e. The molecule has 3 N–H and O–H groups in total. The lowest BCUT2D eigenvalue weighted by molar-refractivity contribution is 0.0954. The fraction of sp³-hybridized carbons (Fsp3) is 0.0769. The molecule has 98 valence electrons. The summed E-state index contributed by atoms with van der Waals surface area (Å²) < 4.78 is 0.812. The summed E-state index contributed by atoms with van der Waals surface area (Å²) in [5, 5.41) is 4.73. The van der Waals surface area contributed by atoms with Gasteiger partial charge in [0.15, 0.2) is 0 Å². The van der Waals surface area contributed by atoms with Gasteiger partial charge in [0, 0.05) is 16.6 Å². The number of thiophene rings is 1. The third kappa shape index (κ3) is 3.62. The number of nitrogens with one attached hydrogen (secondary N) is 1. The highest BCUT2D eigenvalue weighted by molar-refractivity contribution is 9.10. The van der Waals surface area contributed by atoms with Gasteiger partial charge in [-0.25, -0.2) is 0 Å². The highest BCUT2D eigenvalue weighted by Crippen LogP contribution is 2.22. The molecule has 2 aromatic rings. The number of hydrogen-bond donors (Lipinski definition) is 2. The summed E-state index contributed by atoms with van der Waals surface area (Å²) in [6.07, 6.45) is 0. The number of nitrogens with two attached hydrogens (primary N) is 1. The van der Waals surface area contributed by atoms with E-state index >= 15 is 0 Å². The molecule has 1 aromatic heterocycles. The van der Waals surface area contributed by atoms with Crippen molar-refractivity contribution in [3.05, 3.63) is 56.2 Å². The molecule has 1 aromatic carbocycles. The summed E-state index contributed by atoms with van der Waals surface area (Å²) >= 11 is 9.67. The van der Waals surface area contributed by atoms with E-state index in [0.717, 1.165) is 15.6 Å². The van der Waals surface area contributed by atoms with Gasteiger partial charge in [0.05, 0.1) is 0 Å². The zero-order valence-corrected chi connectivity index (χ0v) is 13.1. The number of halogens is 1. The fourth-order valence-electron chi connectivity index (χ4n) is 1.55. The third-order valence-corrected chi connectivity index (χ3v) is 4.56. The molecule has 0 aliphatic carbocycles. The molecule has 0 fully saturated rings. The van der Waals surface area contributed by atoms with Crippen molar-refractivity contribution in [2.45, 2.75) is 6.54 Å². The Labute approximate surface area is 129 Å². The summed E-state index contributed by atoms with van der Waals surface area (Å²) in [4.78, 5) is 13.0. The van der Waals surface area contributed by atoms with Crippen LogP contribution in [-0.2, 0) is 6.54 Å². The predicted octanol–water partition coefficient (Wildman–Crippen LogP) is 3.07. The van der Waals surface area contributed by atoms with E-state index in [-0.39, 0.29) is 5.91 Å². The lowest BCUT2D eigenvalue weighted by atomic mass is 10.1. The van der Waals surface area contributed by atoms with Crippen LogP contribution in [0.25, 0.3) is 0 Å². The Bertz CT molecular complexity index is 625. The Morgan fingerprint density at radius 3 is 2.84 bits per heavy atom. The second kappa shape index (κ2) is 6.27. The SMILES string of the molecule is NC(=S)c1cccc(CNC(=O)c2sccc2Br)c1. The van der Waals surface area contributed by atoms with E-state index in [1.54, 1.807) is 0 Å². The van der Waals surface area contributed by atoms with Crippen LogP contribution >= 0.6 is 39.5 Å². The van der Waals surface area contributed by atoms with Crippen molar-refractivity contribution in [1.29, 1.82) is 0 Å². The van der Waals surface area contributed by atoms with Crippen molar-refractivity contribution in [2.24, 2.45) is 5.73 Å². The van der Waals surface area contributed by atoms with Gasteiger partial charge in [0.2, 0.25) is 0 Å². The first-order valence-electron chi connectivity index (χ1n) is 5.48. The molecule has 0 atom stereocenters. The average molecular weight is 355 g/mol. The molecular formula is C13H11BrN2OS2. The van der Waals surface area contributed by atoms with Crippen LogP contribution in [0.5, 0.6) is 0 Å². The topological polar surface area (TPSA) is 55.1 Å². The van der Waals surface area contributed by atoms with Crippen molar-refractivity contribution in [3.8, 4) is 0 Å². The first kappa shape index (κ1) is 14.2. The molecule has 2 rings (SSSR count). The van der Waals surface area contributed by atoms with Crippen LogP contribution < -0.4 is 11.1 Å². The molecule has 19 heavy (non-hydrogen) atoms. The van der Waals surface area contributed by atoms with Crippen molar-refractivity contribution in [2.75, 3.05) is 0 Å². The molecule has 6 heteroatoms. The predicted molar refractivity (Wildman–Crippen MR) is 85.5 cm³/mol. The quantitative estimate of drug-likeness (QED) is 0.829. The molecule has 0 saturated heterocycles. The van der Waals surface area contributed by atoms with E-state index < -0.39 is 0 Å². The molecule has 0 aliphatic heterocycles. The Balaban J connectivity index is 2.03. The van der Waals surface area contributed by atoms with E-state index in [1.165, 1.54) is 11.3 Å². The standard InChI is InChI=1S/C13H11BrN2OS2/c14-10-4-5-19-11(10)13(17)16-7-8-2-1-3-9(6-8)12(15)18/h1-6H,7H2,(H2,15,18)(H,16,17). The molecule has 0 spiro atoms. The molecular weight excluding hydrogens is 344 g/mol. The van der Waals surface area contributed by atoms with Gasteiger partial charge in [0.1, 0.15) is 9.87 Å². The Hall–Kier alpha value is -1.24. The minimum absolute atomic E-state index is 0.0948. The Morgan fingerprint density at radius 1 is 1.42 bits per heavy atom. The molecule has 3 nitrogen and oxygen atoms in total. The number of rotatable bonds is 4. The van der Waals surface area contributed by atoms with E-state index in [0.29, 0.717) is 16.4 Å². The van der Waals surface area contributed by atoms with Crippen LogP contribution in [0.15, 0.2) is 40.2 Å². The Morgan fingerprint density at radius 2 is 2.21 bits per heavy atom. The second-order valence-electron chi connectivity index (χ2n) is 3.84. The van der Waals surface area contributed by atoms with Gasteiger partial charge >= 0.3 is 0 Å². The van der Waals surface area contributed by atoms with Gasteiger partial charge in [-0.1, -0.05) is 30.4 Å². The average Bonchev–Trinajstić information content (AvgIpc) is 2.82. The monoisotopic (exact) mass is 354 g/mol. The number of carbonyl (C=O) groups excluding carboxylic acids is 1. The summed E-state index contributed by atoms with van der Waals surface area (Å²) in [6, 6.07) is 9.38. The maximum absolute atomic E-state index is 11.9. The largest absolute Gasteiger partial charge is 0.389 e. The van der Waals surface area contributed by atoms with Gasteiger partial charge in [-0.2, -0.15) is 0 Å². The summed E-state index contributed by atoms with van der Waals surface area (Å²) in [6.45, 7) is 0.444. The van der Waals surface area contributed by atoms with Crippen LogP contribution in [-0.4, -0.2) is 10.9 Å². The normalized spacial score (nSPS) is 10.2. The molecule has 0 unspecified atom stereocenters. The van der Waals surface area contributed by atoms with Gasteiger partial charge < -0.3 is 11.1 Å². The highest BCUT2D eigenvalue weighted by Gasteiger charge is 2.10. The molecule has 1 amide bonds. The number of benzene rings is 1. The minimum Gasteiger partial charge on any atom is -0.389 e. The fourth-order valence-corrected chi connectivity index (χ4v) is 3.15. The number of hydrogen-bond acceptors (Lipinski definition) is 3. The van der Waals surface area contributed by atoms with Crippen molar-refractivity contribution in [1.82, 2.24) is 5.32 Å². The first-order valence-corrected chi connectivity index (χ1v) is 7.56. The Kier molecular flexibility index (Phi) is 4.68. The zero-order valence-electron chi connectivity index (χ0n) is 9.85. The van der Waals surface area contributed by atoms with Crippen LogP contribution in [0.4, 0.5) is 0 Å². The van der Waals surface area contributed by atoms with Gasteiger partial charge in [-0.15, -0.1) is 11.3 Å². The van der Waals surface area contributed by atoms with E-state index in [2.05, 4.69) is 21.2 Å². The van der Waals surface area contributed by atoms with Crippen LogP contribution in [0.2, 0.25) is 0 Å². The van der Waals surface area contributed by atoms with Gasteiger partial charge in [0.25, 0.3) is 5.91 Å². The van der Waals surface area contributed by atoms with Crippen molar-refractivity contribution < 1.29 is 4.79 Å². The summed E-state index contributed by atoms with van der Waals surface area (Å²) in [5.74, 6) is -0.0948. The number of amides is 1. The number of thiocarbonyl (C=S) groups is 1. The summed E-state index contributed by atoms with van der Waals surface area (Å²) in [7, 11) is 0. The van der Waals surface area contributed by atoms with Gasteiger partial charge in [-0.05, 0) is 39.0 Å². The molecule has 1 heterocycles. The lowest BCUT2D eigenvalue weighted by Gasteiger charge is -2.06. The maximum atomic E-state index is 11.9. The van der Waals surface area contributed by atoms with Crippen molar-refractivity contribution >= 4 is 50.4 Å². The minimum atomic E-state index is -0.0948. The maximum Gasteiger partial charge on any atom is 0.262 e. The van der Waals surface area contributed by atoms with E-state index in [4.69, 9.17) is 18.0 Å². The van der Waals surface area contributed by atoms with Crippen molar-refractivity contribution in [3.63, 3.8) is 0 Å². The van der Waals surface area contributed by atoms with Crippen LogP contribution in [0, 0.1) is 0 Å². The molecule has 0 aliphatic rings. The van der Waals surface area contributed by atoms with E-state index in [9.17, 15) is 4.79 Å². The van der Waals surface area contributed by atoms with Crippen LogP contribution in [0.1, 0.15) is 20.8 Å². The summed E-state index contributed by atoms with van der Waals surface area (Å²) in [5.41, 5.74) is 7.34. The molecule has 0 radical (unpaired) electrons. The van der Waals surface area contributed by atoms with Gasteiger partial charge in [-0.3, -0.25) is 4.79 Å². The molecule has 0 bridgehead atoms. The first-order chi connectivity index (χ1) is 9.08. The zero-order chi connectivity index (χ0) is 13.8. The number of carbonyl (C=O) groups is 1. The van der Waals surface area contributed by atoms with Crippen LogP contribution in [0.3, 0.4) is 0 Å². The van der Waals surface area contributed by atoms with E-state index in [1.807, 2.05) is 35.7 Å². The lowest BCUT2D eigenvalue weighted by Crippen LogP contribution is -2.22. The third-order valence-electron chi connectivity index (χ3n) is 2.49.